The van der Waals surface area contributed by atoms with Crippen LogP contribution in [0.15, 0.2) is 24.3 Å². The summed E-state index contributed by atoms with van der Waals surface area (Å²) in [6, 6.07) is 7.33. The molecule has 0 amide bonds. The van der Waals surface area contributed by atoms with Gasteiger partial charge in [0.2, 0.25) is 0 Å². The van der Waals surface area contributed by atoms with E-state index in [0.29, 0.717) is 26.3 Å². The highest BCUT2D eigenvalue weighted by Gasteiger charge is 2.06. The first-order chi connectivity index (χ1) is 8.77. The largest absolute Gasteiger partial charge is 0.497 e. The maximum absolute atomic E-state index is 9.90. The normalized spacial score (nSPS) is 12.4. The van der Waals surface area contributed by atoms with E-state index in [2.05, 4.69) is 5.32 Å². The Bertz CT molecular complexity index is 315. The van der Waals surface area contributed by atoms with Crippen LogP contribution in [0.4, 0.5) is 0 Å². The Morgan fingerprint density at radius 1 is 1.22 bits per heavy atom. The molecule has 0 fully saturated rings. The van der Waals surface area contributed by atoms with Gasteiger partial charge in [0, 0.05) is 13.1 Å². The molecule has 5 nitrogen and oxygen atoms in total. The monoisotopic (exact) mass is 255 g/mol. The number of ether oxygens (including phenoxy) is 2. The Balaban J connectivity index is 2.21. The number of aliphatic hydroxyl groups is 2. The summed E-state index contributed by atoms with van der Waals surface area (Å²) in [7, 11) is 1.61. The molecule has 0 saturated carbocycles. The van der Waals surface area contributed by atoms with E-state index in [4.69, 9.17) is 14.6 Å². The van der Waals surface area contributed by atoms with E-state index in [-0.39, 0.29) is 6.61 Å². The van der Waals surface area contributed by atoms with Crippen LogP contribution in [0, 0.1) is 0 Å². The molecule has 0 aliphatic carbocycles. The second-order valence-corrected chi connectivity index (χ2v) is 3.83. The summed E-state index contributed by atoms with van der Waals surface area (Å²) in [4.78, 5) is 0. The van der Waals surface area contributed by atoms with Gasteiger partial charge in [-0.25, -0.2) is 0 Å². The summed E-state index contributed by atoms with van der Waals surface area (Å²) in [5.41, 5.74) is 0.847. The van der Waals surface area contributed by atoms with Crippen LogP contribution in [0.3, 0.4) is 0 Å². The lowest BCUT2D eigenvalue weighted by Gasteiger charge is -2.12. The first kappa shape index (κ1) is 14.9. The van der Waals surface area contributed by atoms with Crippen molar-refractivity contribution in [1.82, 2.24) is 5.32 Å². The van der Waals surface area contributed by atoms with Gasteiger partial charge in [0.25, 0.3) is 0 Å². The molecule has 0 heterocycles. The molecule has 0 saturated heterocycles. The van der Waals surface area contributed by atoms with Crippen molar-refractivity contribution in [3.8, 4) is 5.75 Å². The smallest absolute Gasteiger partial charge is 0.118 e. The van der Waals surface area contributed by atoms with E-state index in [0.717, 1.165) is 11.3 Å². The van der Waals surface area contributed by atoms with E-state index in [1.807, 2.05) is 24.3 Å². The van der Waals surface area contributed by atoms with Gasteiger partial charge < -0.3 is 25.0 Å². The molecule has 5 heteroatoms. The number of benzene rings is 1. The topological polar surface area (TPSA) is 71.0 Å². The Hall–Kier alpha value is -1.14. The zero-order chi connectivity index (χ0) is 13.2. The van der Waals surface area contributed by atoms with Gasteiger partial charge in [0.05, 0.1) is 33.0 Å². The SMILES string of the molecule is COc1ccc(C(O)CNCCOCCO)cc1. The predicted octanol–water partition coefficient (Wildman–Crippen LogP) is 0.327. The highest BCUT2D eigenvalue weighted by atomic mass is 16.5. The molecule has 3 N–H and O–H groups in total. The van der Waals surface area contributed by atoms with Crippen LogP contribution in [0.25, 0.3) is 0 Å². The van der Waals surface area contributed by atoms with Crippen molar-refractivity contribution in [3.63, 3.8) is 0 Å². The Morgan fingerprint density at radius 3 is 2.56 bits per heavy atom. The minimum atomic E-state index is -0.547. The van der Waals surface area contributed by atoms with Crippen molar-refractivity contribution in [2.75, 3.05) is 40.0 Å². The van der Waals surface area contributed by atoms with Gasteiger partial charge in [-0.1, -0.05) is 12.1 Å². The molecule has 1 rings (SSSR count). The molecule has 1 aromatic rings. The summed E-state index contributed by atoms with van der Waals surface area (Å²) < 4.78 is 10.1. The second kappa shape index (κ2) is 8.88. The molecule has 0 aromatic heterocycles. The third kappa shape index (κ3) is 5.46. The van der Waals surface area contributed by atoms with Gasteiger partial charge in [-0.3, -0.25) is 0 Å². The van der Waals surface area contributed by atoms with Crippen LogP contribution in [0.1, 0.15) is 11.7 Å². The molecular formula is C13H21NO4. The van der Waals surface area contributed by atoms with Crippen molar-refractivity contribution in [2.45, 2.75) is 6.10 Å². The van der Waals surface area contributed by atoms with E-state index < -0.39 is 6.10 Å². The second-order valence-electron chi connectivity index (χ2n) is 3.83. The van der Waals surface area contributed by atoms with Gasteiger partial charge in [0.15, 0.2) is 0 Å². The number of hydrogen-bond donors (Lipinski definition) is 3. The Labute approximate surface area is 107 Å². The zero-order valence-electron chi connectivity index (χ0n) is 10.6. The molecular weight excluding hydrogens is 234 g/mol. The molecule has 0 aliphatic heterocycles. The maximum atomic E-state index is 9.90. The first-order valence-corrected chi connectivity index (χ1v) is 5.99. The van der Waals surface area contributed by atoms with Crippen LogP contribution >= 0.6 is 0 Å². The van der Waals surface area contributed by atoms with Crippen LogP contribution < -0.4 is 10.1 Å². The van der Waals surface area contributed by atoms with E-state index in [1.54, 1.807) is 7.11 Å². The summed E-state index contributed by atoms with van der Waals surface area (Å²) in [6.07, 6.45) is -0.547. The number of rotatable bonds is 9. The molecule has 1 unspecified atom stereocenters. The lowest BCUT2D eigenvalue weighted by Crippen LogP contribution is -2.25. The maximum Gasteiger partial charge on any atom is 0.118 e. The van der Waals surface area contributed by atoms with Gasteiger partial charge in [-0.2, -0.15) is 0 Å². The van der Waals surface area contributed by atoms with Crippen molar-refractivity contribution in [2.24, 2.45) is 0 Å². The number of nitrogens with one attached hydrogen (secondary N) is 1. The van der Waals surface area contributed by atoms with Gasteiger partial charge in [-0.05, 0) is 17.7 Å². The Kier molecular flexibility index (Phi) is 7.36. The highest BCUT2D eigenvalue weighted by molar-refractivity contribution is 5.28. The van der Waals surface area contributed by atoms with Crippen molar-refractivity contribution >= 4 is 0 Å². The third-order valence-corrected chi connectivity index (χ3v) is 2.50. The zero-order valence-corrected chi connectivity index (χ0v) is 10.6. The fraction of sp³-hybridized carbons (Fsp3) is 0.538. The first-order valence-electron chi connectivity index (χ1n) is 5.99. The van der Waals surface area contributed by atoms with Crippen LogP contribution in [0.2, 0.25) is 0 Å². The predicted molar refractivity (Wildman–Crippen MR) is 68.7 cm³/mol. The molecule has 102 valence electrons. The standard InChI is InChI=1S/C13H21NO4/c1-17-12-4-2-11(3-5-12)13(16)10-14-6-8-18-9-7-15/h2-5,13-16H,6-10H2,1H3. The van der Waals surface area contributed by atoms with Gasteiger partial charge in [-0.15, -0.1) is 0 Å². The quantitative estimate of drug-likeness (QED) is 0.555. The fourth-order valence-corrected chi connectivity index (χ4v) is 1.49. The number of aliphatic hydroxyl groups excluding tert-OH is 2. The Morgan fingerprint density at radius 2 is 1.94 bits per heavy atom. The van der Waals surface area contributed by atoms with Crippen molar-refractivity contribution in [1.29, 1.82) is 0 Å². The van der Waals surface area contributed by atoms with Crippen molar-refractivity contribution in [3.05, 3.63) is 29.8 Å². The van der Waals surface area contributed by atoms with Gasteiger partial charge in [0.1, 0.15) is 5.75 Å². The van der Waals surface area contributed by atoms with E-state index in [9.17, 15) is 5.11 Å². The summed E-state index contributed by atoms with van der Waals surface area (Å²) in [6.45, 7) is 2.02. The minimum absolute atomic E-state index is 0.0362. The van der Waals surface area contributed by atoms with E-state index in [1.165, 1.54) is 0 Å². The minimum Gasteiger partial charge on any atom is -0.497 e. The molecule has 0 radical (unpaired) electrons. The van der Waals surface area contributed by atoms with Crippen LogP contribution in [0.5, 0.6) is 5.75 Å². The highest BCUT2D eigenvalue weighted by Crippen LogP contribution is 2.16. The number of hydrogen-bond acceptors (Lipinski definition) is 5. The molecule has 1 atom stereocenters. The third-order valence-electron chi connectivity index (χ3n) is 2.50. The molecule has 0 spiro atoms. The number of methoxy groups -OCH3 is 1. The lowest BCUT2D eigenvalue weighted by atomic mass is 10.1. The lowest BCUT2D eigenvalue weighted by molar-refractivity contribution is 0.0910. The summed E-state index contributed by atoms with van der Waals surface area (Å²) >= 11 is 0. The van der Waals surface area contributed by atoms with E-state index >= 15 is 0 Å². The molecule has 0 aliphatic rings. The van der Waals surface area contributed by atoms with Crippen LogP contribution in [-0.4, -0.2) is 50.2 Å². The molecule has 18 heavy (non-hydrogen) atoms. The van der Waals surface area contributed by atoms with Crippen LogP contribution in [-0.2, 0) is 4.74 Å². The van der Waals surface area contributed by atoms with Crippen molar-refractivity contribution < 1.29 is 19.7 Å². The molecule has 1 aromatic carbocycles. The fourth-order valence-electron chi connectivity index (χ4n) is 1.49. The van der Waals surface area contributed by atoms with Gasteiger partial charge >= 0.3 is 0 Å². The average Bonchev–Trinajstić information content (AvgIpc) is 2.42. The summed E-state index contributed by atoms with van der Waals surface area (Å²) in [5.74, 6) is 0.774. The molecule has 0 bridgehead atoms. The summed E-state index contributed by atoms with van der Waals surface area (Å²) in [5, 5.41) is 21.5. The average molecular weight is 255 g/mol.